The van der Waals surface area contributed by atoms with Crippen molar-refractivity contribution in [2.45, 2.75) is 13.5 Å². The monoisotopic (exact) mass is 280 g/mol. The smallest absolute Gasteiger partial charge is 0.169 e. The maximum Gasteiger partial charge on any atom is 0.169 e. The molecule has 0 N–H and O–H groups in total. The van der Waals surface area contributed by atoms with Gasteiger partial charge in [0.2, 0.25) is 0 Å². The highest BCUT2D eigenvalue weighted by Crippen LogP contribution is 2.37. The van der Waals surface area contributed by atoms with Crippen LogP contribution in [0.2, 0.25) is 0 Å². The van der Waals surface area contributed by atoms with Crippen molar-refractivity contribution in [3.05, 3.63) is 53.0 Å². The summed E-state index contributed by atoms with van der Waals surface area (Å²) in [6.07, 6.45) is 1.90. The van der Waals surface area contributed by atoms with Gasteiger partial charge in [0.1, 0.15) is 5.82 Å². The van der Waals surface area contributed by atoms with E-state index in [1.807, 2.05) is 24.4 Å². The van der Waals surface area contributed by atoms with E-state index in [1.165, 1.54) is 22.5 Å². The van der Waals surface area contributed by atoms with E-state index in [9.17, 15) is 4.79 Å². The van der Waals surface area contributed by atoms with Gasteiger partial charge in [-0.25, -0.2) is 4.98 Å². The number of rotatable bonds is 2. The average molecular weight is 280 g/mol. The fourth-order valence-corrected chi connectivity index (χ4v) is 3.58. The van der Waals surface area contributed by atoms with Crippen molar-refractivity contribution in [1.82, 2.24) is 9.55 Å². The fourth-order valence-electron chi connectivity index (χ4n) is 2.66. The minimum Gasteiger partial charge on any atom is -0.319 e. The lowest BCUT2D eigenvalue weighted by Crippen LogP contribution is -1.94. The summed E-state index contributed by atoms with van der Waals surface area (Å²) in [5.41, 5.74) is 3.61. The molecule has 0 saturated heterocycles. The Bertz CT molecular complexity index is 829. The summed E-state index contributed by atoms with van der Waals surface area (Å²) in [4.78, 5) is 17.9. The lowest BCUT2D eigenvalue weighted by molar-refractivity contribution is 0.102. The number of carbonyl (C=O) groups excluding carboxylic acids is 1. The topological polar surface area (TPSA) is 34.9 Å². The van der Waals surface area contributed by atoms with Crippen molar-refractivity contribution in [2.24, 2.45) is 0 Å². The molecular formula is C16H12N2OS. The molecular weight excluding hydrogens is 268 g/mol. The van der Waals surface area contributed by atoms with Crippen molar-refractivity contribution in [2.75, 3.05) is 0 Å². The van der Waals surface area contributed by atoms with Crippen LogP contribution in [0.1, 0.15) is 22.2 Å². The molecule has 20 heavy (non-hydrogen) atoms. The van der Waals surface area contributed by atoms with Gasteiger partial charge in [-0.05, 0) is 24.6 Å². The average Bonchev–Trinajstić information content (AvgIpc) is 3.12. The van der Waals surface area contributed by atoms with Crippen LogP contribution in [0.5, 0.6) is 0 Å². The highest BCUT2D eigenvalue weighted by atomic mass is 32.1. The van der Waals surface area contributed by atoms with E-state index < -0.39 is 0 Å². The molecule has 98 valence electrons. The second-order valence-corrected chi connectivity index (χ2v) is 6.01. The van der Waals surface area contributed by atoms with Crippen molar-refractivity contribution in [3.8, 4) is 22.0 Å². The Labute approximate surface area is 120 Å². The summed E-state index contributed by atoms with van der Waals surface area (Å²) in [6, 6.07) is 12.3. The first-order valence-electron chi connectivity index (χ1n) is 6.49. The van der Waals surface area contributed by atoms with Gasteiger partial charge in [-0.1, -0.05) is 24.3 Å². The number of nitrogens with zero attached hydrogens (tertiary/aromatic N) is 2. The molecule has 3 aromatic rings. The predicted molar refractivity (Wildman–Crippen MR) is 80.1 cm³/mol. The van der Waals surface area contributed by atoms with Gasteiger partial charge in [-0.3, -0.25) is 4.79 Å². The van der Waals surface area contributed by atoms with Crippen LogP contribution in [0.15, 0.2) is 42.6 Å². The zero-order valence-corrected chi connectivity index (χ0v) is 11.8. The number of hydrogen-bond acceptors (Lipinski definition) is 3. The van der Waals surface area contributed by atoms with Crippen LogP contribution >= 0.6 is 11.3 Å². The van der Waals surface area contributed by atoms with Gasteiger partial charge < -0.3 is 4.57 Å². The maximum atomic E-state index is 11.4. The lowest BCUT2D eigenvalue weighted by atomic mass is 10.1. The summed E-state index contributed by atoms with van der Waals surface area (Å²) in [5.74, 6) is 1.14. The molecule has 4 rings (SSSR count). The minimum atomic E-state index is 0.116. The number of ketones is 1. The molecule has 1 aliphatic rings. The van der Waals surface area contributed by atoms with Crippen molar-refractivity contribution < 1.29 is 4.79 Å². The van der Waals surface area contributed by atoms with Crippen molar-refractivity contribution >= 4 is 17.1 Å². The second-order valence-electron chi connectivity index (χ2n) is 4.93. The van der Waals surface area contributed by atoms with Gasteiger partial charge in [0, 0.05) is 5.56 Å². The number of hydrogen-bond donors (Lipinski definition) is 0. The predicted octanol–water partition coefficient (Wildman–Crippen LogP) is 3.84. The van der Waals surface area contributed by atoms with E-state index >= 15 is 0 Å². The van der Waals surface area contributed by atoms with Crippen LogP contribution in [0.25, 0.3) is 22.0 Å². The van der Waals surface area contributed by atoms with E-state index in [4.69, 9.17) is 0 Å². The number of Topliss-reactive ketones (excluding diaryl/α,β-unsaturated/α-hetero) is 1. The summed E-state index contributed by atoms with van der Waals surface area (Å²) >= 11 is 1.53. The van der Waals surface area contributed by atoms with Gasteiger partial charge in [0.15, 0.2) is 5.78 Å². The Balaban J connectivity index is 1.83. The molecule has 0 amide bonds. The largest absolute Gasteiger partial charge is 0.319 e. The Kier molecular flexibility index (Phi) is 2.41. The van der Waals surface area contributed by atoms with Crippen LogP contribution in [-0.2, 0) is 6.54 Å². The Morgan fingerprint density at radius 3 is 2.90 bits per heavy atom. The number of carbonyl (C=O) groups is 1. The zero-order valence-electron chi connectivity index (χ0n) is 11.0. The van der Waals surface area contributed by atoms with E-state index in [1.54, 1.807) is 6.92 Å². The minimum absolute atomic E-state index is 0.116. The number of imidazole rings is 1. The highest BCUT2D eigenvalue weighted by Gasteiger charge is 2.23. The molecule has 0 fully saturated rings. The van der Waals surface area contributed by atoms with Crippen LogP contribution in [0.4, 0.5) is 0 Å². The van der Waals surface area contributed by atoms with E-state index in [0.29, 0.717) is 0 Å². The molecule has 3 nitrogen and oxygen atoms in total. The van der Waals surface area contributed by atoms with Crippen LogP contribution < -0.4 is 0 Å². The summed E-state index contributed by atoms with van der Waals surface area (Å²) in [6.45, 7) is 2.46. The molecule has 0 unspecified atom stereocenters. The fraction of sp³-hybridized carbons (Fsp3) is 0.125. The number of thiophene rings is 1. The lowest BCUT2D eigenvalue weighted by Gasteiger charge is -2.01. The molecule has 0 atom stereocenters. The Morgan fingerprint density at radius 1 is 1.25 bits per heavy atom. The van der Waals surface area contributed by atoms with E-state index in [-0.39, 0.29) is 5.78 Å². The standard InChI is InChI=1S/C16H12N2OS/c1-10(19)14-6-7-15(20-14)13-8-17-16-12-5-3-2-4-11(12)9-18(13)16/h2-8H,9H2,1H3. The van der Waals surface area contributed by atoms with Gasteiger partial charge in [-0.15, -0.1) is 11.3 Å². The van der Waals surface area contributed by atoms with Crippen LogP contribution in [-0.4, -0.2) is 15.3 Å². The molecule has 1 aromatic carbocycles. The molecule has 0 aliphatic carbocycles. The maximum absolute atomic E-state index is 11.4. The highest BCUT2D eigenvalue weighted by molar-refractivity contribution is 7.17. The molecule has 3 heterocycles. The second kappa shape index (κ2) is 4.15. The molecule has 0 saturated carbocycles. The zero-order chi connectivity index (χ0) is 13.7. The third-order valence-corrected chi connectivity index (χ3v) is 4.86. The quantitative estimate of drug-likeness (QED) is 0.523. The normalized spacial score (nSPS) is 12.2. The molecule has 0 bridgehead atoms. The Hall–Kier alpha value is -2.20. The number of aromatic nitrogens is 2. The summed E-state index contributed by atoms with van der Waals surface area (Å²) in [7, 11) is 0. The van der Waals surface area contributed by atoms with Crippen molar-refractivity contribution in [3.63, 3.8) is 0 Å². The molecule has 0 spiro atoms. The molecule has 0 radical (unpaired) electrons. The van der Waals surface area contributed by atoms with Crippen molar-refractivity contribution in [1.29, 1.82) is 0 Å². The molecule has 1 aliphatic heterocycles. The van der Waals surface area contributed by atoms with Gasteiger partial charge in [0.05, 0.1) is 28.2 Å². The van der Waals surface area contributed by atoms with E-state index in [0.717, 1.165) is 27.8 Å². The SMILES string of the molecule is CC(=O)c1ccc(-c2cnc3n2Cc2ccccc2-3)s1. The third kappa shape index (κ3) is 1.58. The first-order chi connectivity index (χ1) is 9.74. The van der Waals surface area contributed by atoms with Gasteiger partial charge >= 0.3 is 0 Å². The van der Waals surface area contributed by atoms with Crippen LogP contribution in [0.3, 0.4) is 0 Å². The molecule has 2 aromatic heterocycles. The summed E-state index contributed by atoms with van der Waals surface area (Å²) in [5, 5.41) is 0. The first kappa shape index (κ1) is 11.6. The number of benzene rings is 1. The number of fused-ring (bicyclic) bond motifs is 3. The van der Waals surface area contributed by atoms with Gasteiger partial charge in [-0.2, -0.15) is 0 Å². The van der Waals surface area contributed by atoms with Gasteiger partial charge in [0.25, 0.3) is 0 Å². The molecule has 4 heteroatoms. The van der Waals surface area contributed by atoms with Crippen LogP contribution in [0, 0.1) is 0 Å². The van der Waals surface area contributed by atoms with E-state index in [2.05, 4.69) is 27.8 Å². The Morgan fingerprint density at radius 2 is 2.10 bits per heavy atom. The first-order valence-corrected chi connectivity index (χ1v) is 7.30. The summed E-state index contributed by atoms with van der Waals surface area (Å²) < 4.78 is 2.22. The third-order valence-electron chi connectivity index (χ3n) is 3.65.